The predicted octanol–water partition coefficient (Wildman–Crippen LogP) is 3.42. The highest BCUT2D eigenvalue weighted by Gasteiger charge is 2.28. The quantitative estimate of drug-likeness (QED) is 0.305. The molecule has 2 atom stereocenters. The van der Waals surface area contributed by atoms with E-state index in [4.69, 9.17) is 16.3 Å². The smallest absolute Gasteiger partial charge is 0.291 e. The summed E-state index contributed by atoms with van der Waals surface area (Å²) in [6.45, 7) is 6.94. The molecule has 1 aromatic carbocycles. The minimum Gasteiger partial charge on any atom is -0.379 e. The van der Waals surface area contributed by atoms with E-state index in [9.17, 15) is 9.18 Å². The second kappa shape index (κ2) is 10.8. The number of fused-ring (bicyclic) bond motifs is 1. The normalized spacial score (nSPS) is 17.8. The Balaban J connectivity index is 1.39. The minimum absolute atomic E-state index is 0.103. The maximum absolute atomic E-state index is 14.2. The minimum atomic E-state index is -0.288. The third kappa shape index (κ3) is 5.11. The number of benzene rings is 1. The highest BCUT2D eigenvalue weighted by atomic mass is 127. The molecule has 0 saturated carbocycles. The van der Waals surface area contributed by atoms with E-state index in [0.29, 0.717) is 45.0 Å². The van der Waals surface area contributed by atoms with Crippen molar-refractivity contribution in [1.29, 1.82) is 0 Å². The van der Waals surface area contributed by atoms with E-state index in [2.05, 4.69) is 49.3 Å². The third-order valence-electron chi connectivity index (χ3n) is 6.57. The van der Waals surface area contributed by atoms with Crippen LogP contribution in [-0.2, 0) is 24.2 Å². The topological polar surface area (TPSA) is 81.3 Å². The summed E-state index contributed by atoms with van der Waals surface area (Å²) in [6.07, 6.45) is 2.53. The fourth-order valence-corrected chi connectivity index (χ4v) is 6.34. The van der Waals surface area contributed by atoms with Crippen molar-refractivity contribution in [2.24, 2.45) is 0 Å². The Hall–Kier alpha value is -1.66. The second-order valence-electron chi connectivity index (χ2n) is 8.65. The highest BCUT2D eigenvalue weighted by molar-refractivity contribution is 14.2. The summed E-state index contributed by atoms with van der Waals surface area (Å²) < 4.78 is 22.9. The number of halogens is 3. The van der Waals surface area contributed by atoms with Gasteiger partial charge in [-0.2, -0.15) is 5.10 Å². The fourth-order valence-electron chi connectivity index (χ4n) is 4.70. The van der Waals surface area contributed by atoms with Gasteiger partial charge in [0.2, 0.25) is 0 Å². The van der Waals surface area contributed by atoms with Gasteiger partial charge in [0.1, 0.15) is 16.5 Å². The van der Waals surface area contributed by atoms with E-state index >= 15 is 0 Å². The van der Waals surface area contributed by atoms with Crippen molar-refractivity contribution in [3.05, 3.63) is 68.1 Å². The molecule has 0 radical (unpaired) electrons. The van der Waals surface area contributed by atoms with Crippen LogP contribution in [0.3, 0.4) is 0 Å². The Morgan fingerprint density at radius 1 is 1.29 bits per heavy atom. The van der Waals surface area contributed by atoms with E-state index in [1.165, 1.54) is 10.5 Å². The molecule has 2 unspecified atom stereocenters. The summed E-state index contributed by atoms with van der Waals surface area (Å²) in [5.74, 6) is -0.240. The first-order chi connectivity index (χ1) is 17.0. The monoisotopic (exact) mass is 631 g/mol. The van der Waals surface area contributed by atoms with Crippen LogP contribution in [0, 0.1) is 5.82 Å². The number of morpholine rings is 1. The summed E-state index contributed by atoms with van der Waals surface area (Å²) in [7, 11) is 0. The Bertz CT molecular complexity index is 1280. The van der Waals surface area contributed by atoms with Crippen molar-refractivity contribution in [1.82, 2.24) is 29.4 Å². The third-order valence-corrected chi connectivity index (χ3v) is 8.78. The molecule has 13 heteroatoms. The number of anilines is 1. The molecule has 0 spiro atoms. The molecular weight excluding hydrogens is 607 g/mol. The molecule has 186 valence electrons. The van der Waals surface area contributed by atoms with Crippen molar-refractivity contribution in [2.75, 3.05) is 37.7 Å². The van der Waals surface area contributed by atoms with Crippen molar-refractivity contribution in [3.8, 4) is 0 Å². The summed E-state index contributed by atoms with van der Waals surface area (Å²) in [6, 6.07) is 4.88. The molecule has 35 heavy (non-hydrogen) atoms. The van der Waals surface area contributed by atoms with Crippen LogP contribution in [0.25, 0.3) is 0 Å². The first kappa shape index (κ1) is 25.0. The Morgan fingerprint density at radius 3 is 2.86 bits per heavy atom. The van der Waals surface area contributed by atoms with Crippen LogP contribution in [0.4, 0.5) is 10.1 Å². The molecular formula is C22H25ClFIN7O2P. The maximum atomic E-state index is 14.2. The number of hydrogen-bond acceptors (Lipinski definition) is 7. The molecule has 3 aromatic rings. The molecule has 1 saturated heterocycles. The number of nitrogens with zero attached hydrogens (tertiary/aromatic N) is 7. The summed E-state index contributed by atoms with van der Waals surface area (Å²) >= 11 is 8.49. The van der Waals surface area contributed by atoms with Gasteiger partial charge in [0.15, 0.2) is 0 Å². The highest BCUT2D eigenvalue weighted by Crippen LogP contribution is 2.31. The lowest BCUT2D eigenvalue weighted by molar-refractivity contribution is 0.0340. The molecule has 9 nitrogen and oxygen atoms in total. The van der Waals surface area contributed by atoms with Gasteiger partial charge in [-0.1, -0.05) is 22.9 Å². The number of aromatic nitrogens is 5. The molecule has 4 heterocycles. The van der Waals surface area contributed by atoms with Crippen LogP contribution in [0.1, 0.15) is 35.5 Å². The maximum Gasteiger partial charge on any atom is 0.291 e. The van der Waals surface area contributed by atoms with Gasteiger partial charge in [0.05, 0.1) is 49.8 Å². The van der Waals surface area contributed by atoms with Gasteiger partial charge in [-0.25, -0.2) is 13.5 Å². The van der Waals surface area contributed by atoms with Crippen LogP contribution in [0.15, 0.2) is 29.2 Å². The average molecular weight is 632 g/mol. The predicted molar refractivity (Wildman–Crippen MR) is 142 cm³/mol. The van der Waals surface area contributed by atoms with E-state index in [0.717, 1.165) is 35.6 Å². The molecule has 2 aromatic heterocycles. The largest absolute Gasteiger partial charge is 0.379 e. The van der Waals surface area contributed by atoms with Gasteiger partial charge in [-0.3, -0.25) is 9.69 Å². The van der Waals surface area contributed by atoms with Gasteiger partial charge >= 0.3 is 0 Å². The zero-order valence-electron chi connectivity index (χ0n) is 19.1. The zero-order chi connectivity index (χ0) is 24.5. The second-order valence-corrected chi connectivity index (χ2v) is 11.1. The molecule has 2 aliphatic heterocycles. The van der Waals surface area contributed by atoms with Crippen molar-refractivity contribution < 1.29 is 9.13 Å². The lowest BCUT2D eigenvalue weighted by atomic mass is 9.99. The standard InChI is InChI=1S/C22H25ClFIN7O2P/c1-14(17-3-2-16(24)10-15(17)12-29-6-8-34-9-7-29)31-19-4-5-30(13-18(19)27-28-31)20-11-26-32(35-25)22(33)21(20)23/h2-3,10-11,14,35H,4-9,12-13H2,1H3. The molecule has 0 N–H and O–H groups in total. The van der Waals surface area contributed by atoms with E-state index in [-0.39, 0.29) is 28.8 Å². The van der Waals surface area contributed by atoms with E-state index in [1.54, 1.807) is 12.3 Å². The van der Waals surface area contributed by atoms with Crippen LogP contribution in [-0.4, -0.2) is 62.3 Å². The number of rotatable bonds is 6. The van der Waals surface area contributed by atoms with Crippen LogP contribution < -0.4 is 10.5 Å². The zero-order valence-corrected chi connectivity index (χ0v) is 23.0. The molecule has 0 aliphatic carbocycles. The van der Waals surface area contributed by atoms with E-state index in [1.807, 2.05) is 15.6 Å². The van der Waals surface area contributed by atoms with Crippen LogP contribution in [0.2, 0.25) is 5.02 Å². The van der Waals surface area contributed by atoms with Gasteiger partial charge < -0.3 is 9.64 Å². The summed E-state index contributed by atoms with van der Waals surface area (Å²) in [4.78, 5) is 16.7. The van der Waals surface area contributed by atoms with E-state index < -0.39 is 0 Å². The lowest BCUT2D eigenvalue weighted by Gasteiger charge is -2.30. The van der Waals surface area contributed by atoms with Crippen molar-refractivity contribution in [2.45, 2.75) is 32.5 Å². The van der Waals surface area contributed by atoms with Crippen molar-refractivity contribution >= 4 is 45.7 Å². The van der Waals surface area contributed by atoms with Crippen LogP contribution >= 0.6 is 40.0 Å². The SMILES string of the molecule is CC(c1ccc(F)cc1CN1CCOCC1)n1nnc2c1CCN(c1cnn(PI)c(=O)c1Cl)C2. The van der Waals surface area contributed by atoms with Gasteiger partial charge in [0.25, 0.3) is 5.56 Å². The molecule has 1 fully saturated rings. The van der Waals surface area contributed by atoms with Gasteiger partial charge in [-0.05, 0) is 52.2 Å². The van der Waals surface area contributed by atoms with Crippen LogP contribution in [0.5, 0.6) is 0 Å². The number of hydrogen-bond donors (Lipinski definition) is 0. The Labute approximate surface area is 221 Å². The molecule has 2 aliphatic rings. The van der Waals surface area contributed by atoms with Gasteiger partial charge in [-0.15, -0.1) is 5.10 Å². The summed E-state index contributed by atoms with van der Waals surface area (Å²) in [5.41, 5.74) is 4.20. The molecule has 5 rings (SSSR count). The Morgan fingerprint density at radius 2 is 2.09 bits per heavy atom. The van der Waals surface area contributed by atoms with Gasteiger partial charge in [0, 0.05) is 32.6 Å². The first-order valence-corrected chi connectivity index (χ1v) is 15.8. The number of ether oxygens (including phenoxy) is 1. The summed E-state index contributed by atoms with van der Waals surface area (Å²) in [5, 5.41) is 13.3. The van der Waals surface area contributed by atoms with Crippen molar-refractivity contribution in [3.63, 3.8) is 0 Å². The fraction of sp³-hybridized carbons (Fsp3) is 0.455. The Kier molecular flexibility index (Phi) is 7.69. The first-order valence-electron chi connectivity index (χ1n) is 11.4. The average Bonchev–Trinajstić information content (AvgIpc) is 3.29. The molecule has 0 amide bonds. The molecule has 0 bridgehead atoms. The lowest BCUT2D eigenvalue weighted by Crippen LogP contribution is -2.36.